The lowest BCUT2D eigenvalue weighted by molar-refractivity contribution is -0.144. The summed E-state index contributed by atoms with van der Waals surface area (Å²) >= 11 is 0. The number of nitrogens with zero attached hydrogens (tertiary/aromatic N) is 1. The number of carboxylic acid groups (broad SMARTS) is 1. The normalized spacial score (nSPS) is 24.6. The van der Waals surface area contributed by atoms with Crippen LogP contribution in [0.4, 0.5) is 4.79 Å². The molecule has 3 amide bonds. The Morgan fingerprint density at radius 3 is 2.74 bits per heavy atom. The lowest BCUT2D eigenvalue weighted by Crippen LogP contribution is -2.57. The molecule has 19 heavy (non-hydrogen) atoms. The molecule has 2 unspecified atom stereocenters. The summed E-state index contributed by atoms with van der Waals surface area (Å²) in [5.74, 6) is -1.18. The van der Waals surface area contributed by atoms with Crippen LogP contribution >= 0.6 is 0 Å². The summed E-state index contributed by atoms with van der Waals surface area (Å²) in [6.45, 7) is 3.06. The number of nitrogens with one attached hydrogen (secondary N) is 2. The minimum absolute atomic E-state index is 0.0199. The number of rotatable bonds is 4. The second-order valence-electron chi connectivity index (χ2n) is 5.28. The van der Waals surface area contributed by atoms with Gasteiger partial charge in [0.1, 0.15) is 0 Å². The van der Waals surface area contributed by atoms with Gasteiger partial charge in [0, 0.05) is 38.0 Å². The number of carbonyl (C=O) groups excluding carboxylic acids is 2. The van der Waals surface area contributed by atoms with Crippen molar-refractivity contribution in [2.75, 3.05) is 19.6 Å². The highest BCUT2D eigenvalue weighted by Crippen LogP contribution is 2.23. The van der Waals surface area contributed by atoms with Gasteiger partial charge in [-0.3, -0.25) is 9.59 Å². The first-order valence-corrected chi connectivity index (χ1v) is 6.52. The van der Waals surface area contributed by atoms with Crippen molar-refractivity contribution in [3.05, 3.63) is 0 Å². The van der Waals surface area contributed by atoms with Crippen molar-refractivity contribution in [1.82, 2.24) is 15.5 Å². The summed E-state index contributed by atoms with van der Waals surface area (Å²) in [5, 5.41) is 14.4. The Bertz CT molecular complexity index is 392. The molecule has 0 spiro atoms. The van der Waals surface area contributed by atoms with Crippen molar-refractivity contribution in [1.29, 1.82) is 0 Å². The molecule has 7 heteroatoms. The van der Waals surface area contributed by atoms with Crippen LogP contribution in [0, 0.1) is 11.8 Å². The Morgan fingerprint density at radius 2 is 2.21 bits per heavy atom. The van der Waals surface area contributed by atoms with Gasteiger partial charge >= 0.3 is 12.0 Å². The van der Waals surface area contributed by atoms with E-state index in [1.807, 2.05) is 0 Å². The SMILES string of the molecule is CC(C(=O)O)C1CN(C(=O)NCC2CCC(=O)N2)C1. The molecule has 0 saturated carbocycles. The highest BCUT2D eigenvalue weighted by molar-refractivity contribution is 5.79. The highest BCUT2D eigenvalue weighted by Gasteiger charge is 2.37. The third-order valence-electron chi connectivity index (χ3n) is 3.88. The molecule has 0 aromatic carbocycles. The van der Waals surface area contributed by atoms with Crippen molar-refractivity contribution < 1.29 is 19.5 Å². The van der Waals surface area contributed by atoms with Gasteiger partial charge in [-0.2, -0.15) is 0 Å². The number of likely N-dealkylation sites (tertiary alicyclic amines) is 1. The van der Waals surface area contributed by atoms with Crippen LogP contribution in [-0.2, 0) is 9.59 Å². The Kier molecular flexibility index (Phi) is 3.92. The van der Waals surface area contributed by atoms with Crippen LogP contribution in [0.25, 0.3) is 0 Å². The zero-order valence-corrected chi connectivity index (χ0v) is 10.9. The zero-order valence-electron chi connectivity index (χ0n) is 10.9. The number of aliphatic carboxylic acids is 1. The van der Waals surface area contributed by atoms with Gasteiger partial charge in [-0.05, 0) is 6.42 Å². The fourth-order valence-corrected chi connectivity index (χ4v) is 2.35. The van der Waals surface area contributed by atoms with Gasteiger partial charge in [0.15, 0.2) is 0 Å². The van der Waals surface area contributed by atoms with Crippen LogP contribution in [0.1, 0.15) is 19.8 Å². The zero-order chi connectivity index (χ0) is 14.0. The average Bonchev–Trinajstić information content (AvgIpc) is 2.70. The van der Waals surface area contributed by atoms with E-state index < -0.39 is 11.9 Å². The molecule has 0 bridgehead atoms. The van der Waals surface area contributed by atoms with Crippen LogP contribution in [-0.4, -0.2) is 53.6 Å². The molecule has 3 N–H and O–H groups in total. The van der Waals surface area contributed by atoms with Crippen LogP contribution < -0.4 is 10.6 Å². The molecule has 2 rings (SSSR count). The maximum atomic E-state index is 11.8. The van der Waals surface area contributed by atoms with Crippen molar-refractivity contribution in [3.63, 3.8) is 0 Å². The second-order valence-corrected chi connectivity index (χ2v) is 5.28. The van der Waals surface area contributed by atoms with Crippen LogP contribution in [0.3, 0.4) is 0 Å². The molecule has 2 aliphatic heterocycles. The summed E-state index contributed by atoms with van der Waals surface area (Å²) in [5.41, 5.74) is 0. The van der Waals surface area contributed by atoms with E-state index in [1.165, 1.54) is 0 Å². The molecule has 0 radical (unpaired) electrons. The largest absolute Gasteiger partial charge is 0.481 e. The van der Waals surface area contributed by atoms with E-state index in [-0.39, 0.29) is 23.9 Å². The number of hydrogen-bond acceptors (Lipinski definition) is 3. The summed E-state index contributed by atoms with van der Waals surface area (Å²) in [4.78, 5) is 35.1. The highest BCUT2D eigenvalue weighted by atomic mass is 16.4. The Balaban J connectivity index is 1.66. The lowest BCUT2D eigenvalue weighted by Gasteiger charge is -2.41. The van der Waals surface area contributed by atoms with Crippen molar-refractivity contribution in [2.45, 2.75) is 25.8 Å². The van der Waals surface area contributed by atoms with Gasteiger partial charge in [0.05, 0.1) is 5.92 Å². The molecular weight excluding hydrogens is 250 g/mol. The van der Waals surface area contributed by atoms with Gasteiger partial charge in [-0.15, -0.1) is 0 Å². The van der Waals surface area contributed by atoms with E-state index >= 15 is 0 Å². The molecule has 7 nitrogen and oxygen atoms in total. The molecular formula is C12H19N3O4. The smallest absolute Gasteiger partial charge is 0.317 e. The first-order valence-electron chi connectivity index (χ1n) is 6.52. The third kappa shape index (κ3) is 3.15. The third-order valence-corrected chi connectivity index (χ3v) is 3.88. The minimum atomic E-state index is -0.821. The fourth-order valence-electron chi connectivity index (χ4n) is 2.35. The van der Waals surface area contributed by atoms with Gasteiger partial charge in [-0.1, -0.05) is 6.92 Å². The molecule has 106 valence electrons. The summed E-state index contributed by atoms with van der Waals surface area (Å²) in [7, 11) is 0. The number of urea groups is 1. The number of carboxylic acids is 1. The molecule has 2 aliphatic rings. The van der Waals surface area contributed by atoms with Crippen molar-refractivity contribution in [3.8, 4) is 0 Å². The van der Waals surface area contributed by atoms with Gasteiger partial charge < -0.3 is 20.6 Å². The Labute approximate surface area is 111 Å². The topological polar surface area (TPSA) is 98.7 Å². The number of hydrogen-bond donors (Lipinski definition) is 3. The van der Waals surface area contributed by atoms with Crippen molar-refractivity contribution >= 4 is 17.9 Å². The van der Waals surface area contributed by atoms with Crippen LogP contribution in [0.5, 0.6) is 0 Å². The minimum Gasteiger partial charge on any atom is -0.481 e. The van der Waals surface area contributed by atoms with Crippen LogP contribution in [0.2, 0.25) is 0 Å². The molecule has 0 aliphatic carbocycles. The van der Waals surface area contributed by atoms with E-state index in [0.717, 1.165) is 6.42 Å². The predicted octanol–water partition coefficient (Wildman–Crippen LogP) is -0.373. The lowest BCUT2D eigenvalue weighted by atomic mass is 9.87. The van der Waals surface area contributed by atoms with E-state index in [0.29, 0.717) is 26.1 Å². The van der Waals surface area contributed by atoms with E-state index in [9.17, 15) is 14.4 Å². The molecule has 2 fully saturated rings. The summed E-state index contributed by atoms with van der Waals surface area (Å²) in [6.07, 6.45) is 1.26. The first kappa shape index (κ1) is 13.6. The molecule has 2 heterocycles. The van der Waals surface area contributed by atoms with Gasteiger partial charge in [0.2, 0.25) is 5.91 Å². The molecule has 0 aromatic rings. The maximum Gasteiger partial charge on any atom is 0.317 e. The van der Waals surface area contributed by atoms with E-state index in [1.54, 1.807) is 11.8 Å². The Morgan fingerprint density at radius 1 is 1.53 bits per heavy atom. The maximum absolute atomic E-state index is 11.8. The predicted molar refractivity (Wildman–Crippen MR) is 66.4 cm³/mol. The fraction of sp³-hybridized carbons (Fsp3) is 0.750. The quantitative estimate of drug-likeness (QED) is 0.648. The van der Waals surface area contributed by atoms with Gasteiger partial charge in [-0.25, -0.2) is 4.79 Å². The summed E-state index contributed by atoms with van der Waals surface area (Å²) < 4.78 is 0. The molecule has 0 aromatic heterocycles. The average molecular weight is 269 g/mol. The number of amides is 3. The monoisotopic (exact) mass is 269 g/mol. The Hall–Kier alpha value is -1.79. The molecule has 2 saturated heterocycles. The summed E-state index contributed by atoms with van der Waals surface area (Å²) in [6, 6.07) is -0.165. The van der Waals surface area contributed by atoms with Crippen molar-refractivity contribution in [2.24, 2.45) is 11.8 Å². The van der Waals surface area contributed by atoms with E-state index in [4.69, 9.17) is 5.11 Å². The second kappa shape index (κ2) is 5.46. The standard InChI is InChI=1S/C12H19N3O4/c1-7(11(17)18)8-5-15(6-8)12(19)13-4-9-2-3-10(16)14-9/h7-9H,2-6H2,1H3,(H,13,19)(H,14,16)(H,17,18). The first-order chi connectivity index (χ1) is 8.97. The van der Waals surface area contributed by atoms with Gasteiger partial charge in [0.25, 0.3) is 0 Å². The van der Waals surface area contributed by atoms with E-state index in [2.05, 4.69) is 10.6 Å². The number of carbonyl (C=O) groups is 3. The van der Waals surface area contributed by atoms with Crippen LogP contribution in [0.15, 0.2) is 0 Å². The molecule has 2 atom stereocenters.